The molecule has 0 aromatic heterocycles. The normalized spacial score (nSPS) is 13.6. The monoisotopic (exact) mass is 264 g/mol. The fourth-order valence-corrected chi connectivity index (χ4v) is 1.69. The Hall–Kier alpha value is -1.81. The molecule has 0 saturated carbocycles. The van der Waals surface area contributed by atoms with E-state index < -0.39 is 28.9 Å². The van der Waals surface area contributed by atoms with E-state index in [1.165, 1.54) is 20.8 Å². The van der Waals surface area contributed by atoms with E-state index in [2.05, 4.69) is 19.7 Å². The first-order valence-electron chi connectivity index (χ1n) is 5.76. The van der Waals surface area contributed by atoms with Crippen LogP contribution in [0.15, 0.2) is 36.5 Å². The molecule has 0 aliphatic heterocycles. The van der Waals surface area contributed by atoms with Gasteiger partial charge in [0.05, 0.1) is 0 Å². The van der Waals surface area contributed by atoms with Crippen molar-refractivity contribution in [2.45, 2.75) is 33.3 Å². The van der Waals surface area contributed by atoms with Crippen molar-refractivity contribution in [3.05, 3.63) is 36.5 Å². The Morgan fingerprint density at radius 2 is 1.21 bits per heavy atom. The number of ketones is 3. The topological polar surface area (TPSA) is 71.4 Å². The maximum absolute atomic E-state index is 12.1. The molecule has 0 rings (SSSR count). The number of allylic oxidation sites excluding steroid dienone is 2. The van der Waals surface area contributed by atoms with Gasteiger partial charge in [-0.3, -0.25) is 14.4 Å². The number of carbonyl (C=O) groups is 3. The van der Waals surface area contributed by atoms with E-state index in [4.69, 9.17) is 0 Å². The molecule has 0 saturated heterocycles. The van der Waals surface area contributed by atoms with E-state index in [1.807, 2.05) is 0 Å². The Bertz CT molecular complexity index is 454. The predicted octanol–water partition coefficient (Wildman–Crippen LogP) is 1.79. The van der Waals surface area contributed by atoms with Crippen molar-refractivity contribution in [2.75, 3.05) is 0 Å². The molecule has 1 atom stereocenters. The van der Waals surface area contributed by atoms with Gasteiger partial charge in [-0.05, 0) is 44.4 Å². The van der Waals surface area contributed by atoms with Crippen LogP contribution in [0.2, 0.25) is 0 Å². The lowest BCUT2D eigenvalue weighted by Crippen LogP contribution is -2.51. The first-order valence-corrected chi connectivity index (χ1v) is 5.76. The maximum Gasteiger partial charge on any atom is 0.190 e. The number of hydrogen-bond donors (Lipinski definition) is 1. The Labute approximate surface area is 113 Å². The minimum atomic E-state index is -2.15. The van der Waals surface area contributed by atoms with Crippen LogP contribution in [-0.4, -0.2) is 28.1 Å². The Kier molecular flexibility index (Phi) is 5.33. The minimum Gasteiger partial charge on any atom is -0.381 e. The number of hydrogen-bond acceptors (Lipinski definition) is 4. The summed E-state index contributed by atoms with van der Waals surface area (Å²) in [5.41, 5.74) is -1.90. The lowest BCUT2D eigenvalue weighted by atomic mass is 9.75. The second kappa shape index (κ2) is 5.89. The zero-order valence-corrected chi connectivity index (χ0v) is 11.9. The molecule has 19 heavy (non-hydrogen) atoms. The van der Waals surface area contributed by atoms with E-state index in [1.54, 1.807) is 0 Å². The lowest BCUT2D eigenvalue weighted by molar-refractivity contribution is -0.149. The molecular weight excluding hydrogens is 244 g/mol. The van der Waals surface area contributed by atoms with E-state index >= 15 is 0 Å². The molecule has 0 bridgehead atoms. The molecule has 0 aromatic rings. The summed E-state index contributed by atoms with van der Waals surface area (Å²) in [4.78, 5) is 36.1. The van der Waals surface area contributed by atoms with Gasteiger partial charge in [0.25, 0.3) is 0 Å². The number of aliphatic hydroxyl groups is 1. The van der Waals surface area contributed by atoms with Crippen molar-refractivity contribution in [2.24, 2.45) is 5.92 Å². The van der Waals surface area contributed by atoms with Crippen LogP contribution in [0.4, 0.5) is 0 Å². The van der Waals surface area contributed by atoms with Crippen LogP contribution in [-0.2, 0) is 14.4 Å². The standard InChI is InChI=1S/C15H20O4/c1-8(2)12(16)11(13(17)9(3)4)15(7,19)14(18)10(5)6/h11,19H,1,3,5H2,2,4,6-7H3. The molecule has 0 amide bonds. The first-order chi connectivity index (χ1) is 8.44. The van der Waals surface area contributed by atoms with Crippen molar-refractivity contribution in [3.8, 4) is 0 Å². The van der Waals surface area contributed by atoms with Crippen LogP contribution in [0.1, 0.15) is 27.7 Å². The molecule has 0 fully saturated rings. The van der Waals surface area contributed by atoms with Crippen LogP contribution >= 0.6 is 0 Å². The van der Waals surface area contributed by atoms with Gasteiger partial charge in [-0.15, -0.1) is 0 Å². The van der Waals surface area contributed by atoms with Crippen molar-refractivity contribution in [1.82, 2.24) is 0 Å². The molecule has 4 nitrogen and oxygen atoms in total. The molecule has 4 heteroatoms. The maximum atomic E-state index is 12.1. The van der Waals surface area contributed by atoms with Gasteiger partial charge in [0.1, 0.15) is 11.5 Å². The molecule has 0 aliphatic carbocycles. The number of rotatable bonds is 7. The van der Waals surface area contributed by atoms with Crippen molar-refractivity contribution >= 4 is 17.3 Å². The summed E-state index contributed by atoms with van der Waals surface area (Å²) < 4.78 is 0. The van der Waals surface area contributed by atoms with Gasteiger partial charge in [-0.2, -0.15) is 0 Å². The van der Waals surface area contributed by atoms with Crippen LogP contribution in [0.3, 0.4) is 0 Å². The van der Waals surface area contributed by atoms with Gasteiger partial charge in [-0.25, -0.2) is 0 Å². The molecule has 0 spiro atoms. The molecule has 104 valence electrons. The van der Waals surface area contributed by atoms with Gasteiger partial charge < -0.3 is 5.11 Å². The van der Waals surface area contributed by atoms with E-state index in [9.17, 15) is 19.5 Å². The SMILES string of the molecule is C=C(C)C(=O)C(C(=O)C(=C)C)C(C)(O)C(=O)C(=C)C. The third kappa shape index (κ3) is 3.58. The largest absolute Gasteiger partial charge is 0.381 e. The minimum absolute atomic E-state index is 0.0685. The Morgan fingerprint density at radius 1 is 0.895 bits per heavy atom. The van der Waals surface area contributed by atoms with Gasteiger partial charge in [0.15, 0.2) is 17.3 Å². The first kappa shape index (κ1) is 17.2. The highest BCUT2D eigenvalue weighted by Crippen LogP contribution is 2.27. The number of carbonyl (C=O) groups excluding carboxylic acids is 3. The van der Waals surface area contributed by atoms with Gasteiger partial charge >= 0.3 is 0 Å². The fourth-order valence-electron chi connectivity index (χ4n) is 1.69. The molecule has 1 unspecified atom stereocenters. The second-order valence-electron chi connectivity index (χ2n) is 4.98. The molecule has 0 radical (unpaired) electrons. The van der Waals surface area contributed by atoms with Gasteiger partial charge in [0, 0.05) is 0 Å². The highest BCUT2D eigenvalue weighted by molar-refractivity contribution is 6.20. The zero-order chi connectivity index (χ0) is 15.5. The summed E-state index contributed by atoms with van der Waals surface area (Å²) in [6.45, 7) is 15.7. The zero-order valence-electron chi connectivity index (χ0n) is 11.9. The van der Waals surface area contributed by atoms with E-state index in [0.717, 1.165) is 6.92 Å². The molecular formula is C15H20O4. The Morgan fingerprint density at radius 3 is 1.42 bits per heavy atom. The van der Waals surface area contributed by atoms with Gasteiger partial charge in [0.2, 0.25) is 0 Å². The summed E-state index contributed by atoms with van der Waals surface area (Å²) in [7, 11) is 0. The highest BCUT2D eigenvalue weighted by atomic mass is 16.3. The van der Waals surface area contributed by atoms with Crippen molar-refractivity contribution in [3.63, 3.8) is 0 Å². The Balaban J connectivity index is 5.86. The van der Waals surface area contributed by atoms with Crippen LogP contribution in [0.25, 0.3) is 0 Å². The lowest BCUT2D eigenvalue weighted by Gasteiger charge is -2.30. The quantitative estimate of drug-likeness (QED) is 0.562. The molecule has 1 N–H and O–H groups in total. The van der Waals surface area contributed by atoms with Crippen molar-refractivity contribution < 1.29 is 19.5 Å². The fraction of sp³-hybridized carbons (Fsp3) is 0.400. The summed E-state index contributed by atoms with van der Waals surface area (Å²) in [6.07, 6.45) is 0. The molecule has 0 aliphatic rings. The predicted molar refractivity (Wildman–Crippen MR) is 73.6 cm³/mol. The summed E-state index contributed by atoms with van der Waals surface area (Å²) in [6, 6.07) is 0. The average Bonchev–Trinajstić information content (AvgIpc) is 2.26. The van der Waals surface area contributed by atoms with E-state index in [-0.39, 0.29) is 16.7 Å². The molecule has 0 heterocycles. The van der Waals surface area contributed by atoms with Crippen LogP contribution < -0.4 is 0 Å². The van der Waals surface area contributed by atoms with Crippen LogP contribution in [0, 0.1) is 5.92 Å². The second-order valence-corrected chi connectivity index (χ2v) is 4.98. The van der Waals surface area contributed by atoms with Gasteiger partial charge in [-0.1, -0.05) is 19.7 Å². The highest BCUT2D eigenvalue weighted by Gasteiger charge is 2.47. The third-order valence-electron chi connectivity index (χ3n) is 2.78. The number of Topliss-reactive ketones (excluding diaryl/α,β-unsaturated/α-hetero) is 3. The summed E-state index contributed by atoms with van der Waals surface area (Å²) >= 11 is 0. The van der Waals surface area contributed by atoms with Crippen molar-refractivity contribution in [1.29, 1.82) is 0 Å². The smallest absolute Gasteiger partial charge is 0.190 e. The third-order valence-corrected chi connectivity index (χ3v) is 2.78. The summed E-state index contributed by atoms with van der Waals surface area (Å²) in [5, 5.41) is 10.3. The van der Waals surface area contributed by atoms with E-state index in [0.29, 0.717) is 0 Å². The summed E-state index contributed by atoms with van der Waals surface area (Å²) in [5.74, 6) is -3.63. The van der Waals surface area contributed by atoms with Crippen LogP contribution in [0.5, 0.6) is 0 Å². The molecule has 0 aromatic carbocycles. The average molecular weight is 264 g/mol.